The molecule has 0 atom stereocenters. The van der Waals surface area contributed by atoms with Crippen molar-refractivity contribution in [2.24, 2.45) is 0 Å². The van der Waals surface area contributed by atoms with E-state index < -0.39 is 6.43 Å². The van der Waals surface area contributed by atoms with Crippen LogP contribution in [-0.4, -0.2) is 14.5 Å². The lowest BCUT2D eigenvalue weighted by Gasteiger charge is -2.23. The maximum atomic E-state index is 13.4. The summed E-state index contributed by atoms with van der Waals surface area (Å²) < 4.78 is 28.4. The Hall–Kier alpha value is -2.63. The van der Waals surface area contributed by atoms with Crippen molar-refractivity contribution in [1.29, 1.82) is 0 Å². The molecule has 0 radical (unpaired) electrons. The molecule has 6 heteroatoms. The van der Waals surface area contributed by atoms with Gasteiger partial charge in [-0.05, 0) is 56.0 Å². The monoisotopic (exact) mass is 383 g/mol. The topological polar surface area (TPSA) is 47.8 Å². The average Bonchev–Trinajstić information content (AvgIpc) is 2.71. The van der Waals surface area contributed by atoms with E-state index in [1.165, 1.54) is 29.3 Å². The summed E-state index contributed by atoms with van der Waals surface area (Å²) in [4.78, 5) is 22.1. The molecule has 3 aromatic rings. The average molecular weight is 383 g/mol. The summed E-state index contributed by atoms with van der Waals surface area (Å²) >= 11 is 0. The number of rotatable bonds is 4. The van der Waals surface area contributed by atoms with Crippen molar-refractivity contribution in [2.45, 2.75) is 57.9 Å². The van der Waals surface area contributed by atoms with Crippen LogP contribution in [0.4, 0.5) is 8.78 Å². The van der Waals surface area contributed by atoms with Gasteiger partial charge in [-0.3, -0.25) is 14.3 Å². The number of pyridine rings is 3. The first kappa shape index (κ1) is 18.7. The third-order valence-electron chi connectivity index (χ3n) is 5.62. The largest absolute Gasteiger partial charge is 0.286 e. The molecule has 1 fully saturated rings. The molecule has 0 aromatic carbocycles. The Bertz CT molecular complexity index is 1060. The van der Waals surface area contributed by atoms with Gasteiger partial charge in [-0.25, -0.2) is 13.8 Å². The van der Waals surface area contributed by atoms with Gasteiger partial charge in [0.05, 0.1) is 12.2 Å². The zero-order chi connectivity index (χ0) is 19.7. The van der Waals surface area contributed by atoms with Crippen LogP contribution in [0.25, 0.3) is 11.0 Å². The maximum absolute atomic E-state index is 13.4. The first-order valence-corrected chi connectivity index (χ1v) is 9.77. The minimum atomic E-state index is -2.64. The van der Waals surface area contributed by atoms with Crippen molar-refractivity contribution in [1.82, 2.24) is 14.5 Å². The van der Waals surface area contributed by atoms with Gasteiger partial charge < -0.3 is 0 Å². The van der Waals surface area contributed by atoms with Gasteiger partial charge >= 0.3 is 0 Å². The second kappa shape index (κ2) is 7.78. The van der Waals surface area contributed by atoms with E-state index in [9.17, 15) is 13.6 Å². The SMILES string of the molecule is Cc1ccc2cc(C3CCCCC3)c(=O)n(Cc3ncccc3C(F)F)c2n1. The molecule has 0 unspecified atom stereocenters. The predicted octanol–water partition coefficient (Wildman–Crippen LogP) is 5.13. The van der Waals surface area contributed by atoms with Crippen molar-refractivity contribution in [2.75, 3.05) is 0 Å². The number of aromatic nitrogens is 3. The molecule has 0 aliphatic heterocycles. The molecule has 1 saturated carbocycles. The summed E-state index contributed by atoms with van der Waals surface area (Å²) in [7, 11) is 0. The summed E-state index contributed by atoms with van der Waals surface area (Å²) in [5, 5.41) is 0.861. The third kappa shape index (κ3) is 3.55. The molecular weight excluding hydrogens is 360 g/mol. The van der Waals surface area contributed by atoms with Crippen LogP contribution < -0.4 is 5.56 Å². The summed E-state index contributed by atoms with van der Waals surface area (Å²) in [6.07, 6.45) is 4.26. The van der Waals surface area contributed by atoms with Crippen molar-refractivity contribution < 1.29 is 8.78 Å². The molecule has 3 aromatic heterocycles. The third-order valence-corrected chi connectivity index (χ3v) is 5.62. The number of hydrogen-bond donors (Lipinski definition) is 0. The zero-order valence-electron chi connectivity index (χ0n) is 15.9. The van der Waals surface area contributed by atoms with Gasteiger partial charge in [-0.15, -0.1) is 0 Å². The molecule has 0 N–H and O–H groups in total. The lowest BCUT2D eigenvalue weighted by molar-refractivity contribution is 0.149. The number of halogens is 2. The lowest BCUT2D eigenvalue weighted by Crippen LogP contribution is -2.28. The second-order valence-electron chi connectivity index (χ2n) is 7.53. The molecule has 0 bridgehead atoms. The van der Waals surface area contributed by atoms with E-state index in [1.807, 2.05) is 25.1 Å². The molecule has 0 saturated heterocycles. The number of fused-ring (bicyclic) bond motifs is 1. The van der Waals surface area contributed by atoms with E-state index in [0.29, 0.717) is 5.65 Å². The van der Waals surface area contributed by atoms with Crippen LogP contribution in [0.3, 0.4) is 0 Å². The maximum Gasteiger partial charge on any atom is 0.265 e. The Balaban J connectivity index is 1.89. The fourth-order valence-electron chi connectivity index (χ4n) is 4.15. The van der Waals surface area contributed by atoms with Gasteiger partial charge in [0, 0.05) is 28.4 Å². The first-order chi connectivity index (χ1) is 13.5. The van der Waals surface area contributed by atoms with E-state index in [2.05, 4.69) is 9.97 Å². The Morgan fingerprint density at radius 1 is 1.18 bits per heavy atom. The van der Waals surface area contributed by atoms with E-state index in [0.717, 1.165) is 42.3 Å². The Morgan fingerprint density at radius 3 is 2.71 bits per heavy atom. The van der Waals surface area contributed by atoms with Crippen LogP contribution in [0.1, 0.15) is 67.0 Å². The summed E-state index contributed by atoms with van der Waals surface area (Å²) in [5.41, 5.74) is 2.01. The fraction of sp³-hybridized carbons (Fsp3) is 0.409. The number of aryl methyl sites for hydroxylation is 1. The van der Waals surface area contributed by atoms with Gasteiger partial charge in [0.15, 0.2) is 0 Å². The minimum absolute atomic E-state index is 0.00708. The molecule has 4 rings (SSSR count). The lowest BCUT2D eigenvalue weighted by atomic mass is 9.84. The van der Waals surface area contributed by atoms with Gasteiger partial charge in [0.2, 0.25) is 0 Å². The highest BCUT2D eigenvalue weighted by Gasteiger charge is 2.22. The number of nitrogens with zero attached hydrogens (tertiary/aromatic N) is 3. The Morgan fingerprint density at radius 2 is 1.96 bits per heavy atom. The smallest absolute Gasteiger partial charge is 0.265 e. The molecular formula is C22H23F2N3O. The van der Waals surface area contributed by atoms with Crippen LogP contribution in [0.5, 0.6) is 0 Å². The molecule has 1 aliphatic rings. The normalized spacial score (nSPS) is 15.4. The van der Waals surface area contributed by atoms with Crippen LogP contribution in [0, 0.1) is 6.92 Å². The molecule has 0 amide bonds. The molecule has 4 nitrogen and oxygen atoms in total. The summed E-state index contributed by atoms with van der Waals surface area (Å²) in [5.74, 6) is 0.219. The van der Waals surface area contributed by atoms with Crippen LogP contribution in [0.15, 0.2) is 41.3 Å². The van der Waals surface area contributed by atoms with Crippen LogP contribution >= 0.6 is 0 Å². The van der Waals surface area contributed by atoms with E-state index >= 15 is 0 Å². The molecule has 146 valence electrons. The highest BCUT2D eigenvalue weighted by Crippen LogP contribution is 2.32. The highest BCUT2D eigenvalue weighted by molar-refractivity contribution is 5.76. The van der Waals surface area contributed by atoms with Crippen molar-refractivity contribution in [3.05, 3.63) is 69.4 Å². The standard InChI is InChI=1S/C22H23F2N3O/c1-14-9-10-16-12-18(15-6-3-2-4-7-15)22(28)27(21(16)26-14)13-19-17(20(23)24)8-5-11-25-19/h5,8-12,15,20H,2-4,6-7,13H2,1H3. The minimum Gasteiger partial charge on any atom is -0.286 e. The fourth-order valence-corrected chi connectivity index (χ4v) is 4.15. The Labute approximate surface area is 162 Å². The quantitative estimate of drug-likeness (QED) is 0.627. The molecule has 1 aliphatic carbocycles. The number of hydrogen-bond acceptors (Lipinski definition) is 3. The van der Waals surface area contributed by atoms with Crippen molar-refractivity contribution in [3.8, 4) is 0 Å². The van der Waals surface area contributed by atoms with Crippen molar-refractivity contribution >= 4 is 11.0 Å². The summed E-state index contributed by atoms with van der Waals surface area (Å²) in [6, 6.07) is 8.67. The number of alkyl halides is 2. The molecule has 28 heavy (non-hydrogen) atoms. The van der Waals surface area contributed by atoms with E-state index in [-0.39, 0.29) is 29.3 Å². The van der Waals surface area contributed by atoms with Gasteiger partial charge in [0.25, 0.3) is 12.0 Å². The van der Waals surface area contributed by atoms with Gasteiger partial charge in [0.1, 0.15) is 5.65 Å². The highest BCUT2D eigenvalue weighted by atomic mass is 19.3. The van der Waals surface area contributed by atoms with E-state index in [1.54, 1.807) is 0 Å². The van der Waals surface area contributed by atoms with E-state index in [4.69, 9.17) is 0 Å². The predicted molar refractivity (Wildman–Crippen MR) is 105 cm³/mol. The first-order valence-electron chi connectivity index (χ1n) is 9.77. The van der Waals surface area contributed by atoms with Crippen molar-refractivity contribution in [3.63, 3.8) is 0 Å². The van der Waals surface area contributed by atoms with Crippen LogP contribution in [0.2, 0.25) is 0 Å². The molecule has 3 heterocycles. The van der Waals surface area contributed by atoms with Gasteiger partial charge in [-0.2, -0.15) is 0 Å². The summed E-state index contributed by atoms with van der Waals surface area (Å²) in [6.45, 7) is 1.85. The van der Waals surface area contributed by atoms with Gasteiger partial charge in [-0.1, -0.05) is 19.3 Å². The van der Waals surface area contributed by atoms with Crippen LogP contribution in [-0.2, 0) is 6.54 Å². The Kier molecular flexibility index (Phi) is 5.20. The second-order valence-corrected chi connectivity index (χ2v) is 7.53. The molecule has 0 spiro atoms. The zero-order valence-corrected chi connectivity index (χ0v) is 15.9.